The van der Waals surface area contributed by atoms with E-state index in [1.807, 2.05) is 117 Å². The van der Waals surface area contributed by atoms with Crippen LogP contribution in [0.3, 0.4) is 0 Å². The number of benzene rings is 9. The molecular formula is C53H36N8O4S. The lowest BCUT2D eigenvalue weighted by Crippen LogP contribution is -2.12. The van der Waals surface area contributed by atoms with Gasteiger partial charge in [-0.3, -0.25) is 10.1 Å². The molecule has 0 fully saturated rings. The summed E-state index contributed by atoms with van der Waals surface area (Å²) in [5, 5.41) is 60.1. The van der Waals surface area contributed by atoms with E-state index in [0.29, 0.717) is 55.9 Å². The average molecular weight is 881 g/mol. The molecule has 1 amide bonds. The van der Waals surface area contributed by atoms with Gasteiger partial charge < -0.3 is 14.6 Å². The molecule has 0 aliphatic rings. The third-order valence-corrected chi connectivity index (χ3v) is 12.5. The van der Waals surface area contributed by atoms with E-state index in [-0.39, 0.29) is 28.7 Å². The maximum Gasteiger partial charge on any atom is 0.261 e. The average Bonchev–Trinajstić information content (AvgIpc) is 4.00. The van der Waals surface area contributed by atoms with E-state index in [9.17, 15) is 15.0 Å². The maximum absolute atomic E-state index is 13.7. The summed E-state index contributed by atoms with van der Waals surface area (Å²) in [7, 11) is 0. The van der Waals surface area contributed by atoms with Crippen molar-refractivity contribution in [2.45, 2.75) is 19.8 Å². The summed E-state index contributed by atoms with van der Waals surface area (Å²) in [5.74, 6) is 0.0134. The zero-order valence-electron chi connectivity index (χ0n) is 35.3. The molecular weight excluding hydrogens is 845 g/mol. The fraction of sp³-hybridized carbons (Fsp3) is 0.0566. The molecule has 0 atom stereocenters. The molecule has 0 unspecified atom stereocenters. The Labute approximate surface area is 380 Å². The van der Waals surface area contributed by atoms with Crippen LogP contribution in [0, 0.1) is 0 Å². The Kier molecular flexibility index (Phi) is 10.0. The molecule has 11 aromatic rings. The molecule has 0 saturated carbocycles. The number of hydrogen-bond acceptors (Lipinski definition) is 12. The fourth-order valence-corrected chi connectivity index (χ4v) is 8.92. The molecule has 11 rings (SSSR count). The van der Waals surface area contributed by atoms with Gasteiger partial charge in [-0.15, -0.1) is 20.4 Å². The molecule has 318 valence electrons. The first-order chi connectivity index (χ1) is 32.2. The number of rotatable bonds is 9. The number of hydrogen-bond donors (Lipinski definition) is 3. The molecule has 0 bridgehead atoms. The minimum absolute atomic E-state index is 0.0443. The van der Waals surface area contributed by atoms with Gasteiger partial charge in [-0.25, -0.2) is 4.98 Å². The smallest absolute Gasteiger partial charge is 0.261 e. The van der Waals surface area contributed by atoms with Gasteiger partial charge in [0.1, 0.15) is 17.1 Å². The third kappa shape index (κ3) is 7.52. The molecule has 2 aromatic heterocycles. The van der Waals surface area contributed by atoms with Gasteiger partial charge >= 0.3 is 0 Å². The maximum atomic E-state index is 13.7. The number of para-hydroxylation sites is 1. The second kappa shape index (κ2) is 16.5. The van der Waals surface area contributed by atoms with Crippen molar-refractivity contribution >= 4 is 98.4 Å². The highest BCUT2D eigenvalue weighted by Gasteiger charge is 2.21. The van der Waals surface area contributed by atoms with E-state index in [4.69, 9.17) is 4.42 Å². The van der Waals surface area contributed by atoms with Crippen LogP contribution < -0.4 is 5.32 Å². The van der Waals surface area contributed by atoms with Crippen molar-refractivity contribution < 1.29 is 19.4 Å². The van der Waals surface area contributed by atoms with Gasteiger partial charge in [0.2, 0.25) is 11.8 Å². The highest BCUT2D eigenvalue weighted by molar-refractivity contribution is 7.22. The van der Waals surface area contributed by atoms with E-state index in [0.717, 1.165) is 48.1 Å². The van der Waals surface area contributed by atoms with E-state index in [2.05, 4.69) is 53.1 Å². The largest absolute Gasteiger partial charge is 0.505 e. The van der Waals surface area contributed by atoms with Crippen molar-refractivity contribution in [2.24, 2.45) is 20.5 Å². The summed E-state index contributed by atoms with van der Waals surface area (Å²) in [6.45, 7) is 4.09. The molecule has 0 aliphatic carbocycles. The minimum Gasteiger partial charge on any atom is -0.505 e. The van der Waals surface area contributed by atoms with Gasteiger partial charge in [0.25, 0.3) is 5.91 Å². The van der Waals surface area contributed by atoms with Crippen LogP contribution in [-0.2, 0) is 0 Å². The van der Waals surface area contributed by atoms with E-state index >= 15 is 0 Å². The van der Waals surface area contributed by atoms with Crippen LogP contribution in [0.25, 0.3) is 76.2 Å². The molecule has 0 saturated heterocycles. The first kappa shape index (κ1) is 40.1. The Hall–Kier alpha value is -8.68. The summed E-state index contributed by atoms with van der Waals surface area (Å²) >= 11 is 1.35. The SMILES string of the molecule is CC(C)c1cc2cc3ccccc3cc2c(N=Nc2ccc(-c3nnc(-c4ccc(N=Nc5c(O)c(C(=O)Nc6nc7ccccc7s6)cc6cc7ccccc7cc56)cc4)o3)cc2)c1O. The minimum atomic E-state index is -0.519. The van der Waals surface area contributed by atoms with Crippen molar-refractivity contribution in [3.8, 4) is 34.4 Å². The summed E-state index contributed by atoms with van der Waals surface area (Å²) in [6.07, 6.45) is 0. The number of aromatic nitrogens is 3. The highest BCUT2D eigenvalue weighted by atomic mass is 32.1. The quantitative estimate of drug-likeness (QED) is 0.0956. The number of phenolic OH excluding ortho intramolecular Hbond substituents is 2. The number of aromatic hydroxyl groups is 2. The number of anilines is 1. The molecule has 0 aliphatic heterocycles. The summed E-state index contributed by atoms with van der Waals surface area (Å²) in [6, 6.07) is 49.7. The topological polar surface area (TPSA) is 171 Å². The van der Waals surface area contributed by atoms with Crippen molar-refractivity contribution in [3.05, 3.63) is 169 Å². The monoisotopic (exact) mass is 880 g/mol. The van der Waals surface area contributed by atoms with Gasteiger partial charge in [0, 0.05) is 21.9 Å². The van der Waals surface area contributed by atoms with Gasteiger partial charge in [-0.05, 0) is 141 Å². The Morgan fingerprint density at radius 1 is 0.576 bits per heavy atom. The normalized spacial score (nSPS) is 12.0. The van der Waals surface area contributed by atoms with Crippen molar-refractivity contribution in [1.29, 1.82) is 0 Å². The summed E-state index contributed by atoms with van der Waals surface area (Å²) in [5.41, 5.74) is 4.64. The lowest BCUT2D eigenvalue weighted by Gasteiger charge is -2.14. The second-order valence-corrected chi connectivity index (χ2v) is 17.2. The van der Waals surface area contributed by atoms with Crippen molar-refractivity contribution in [1.82, 2.24) is 15.2 Å². The van der Waals surface area contributed by atoms with Gasteiger partial charge in [0.15, 0.2) is 10.9 Å². The Morgan fingerprint density at radius 3 is 1.62 bits per heavy atom. The van der Waals surface area contributed by atoms with Crippen molar-refractivity contribution in [2.75, 3.05) is 5.32 Å². The van der Waals surface area contributed by atoms with Crippen LogP contribution in [0.15, 0.2) is 183 Å². The summed E-state index contributed by atoms with van der Waals surface area (Å²) in [4.78, 5) is 18.2. The Morgan fingerprint density at radius 2 is 1.08 bits per heavy atom. The lowest BCUT2D eigenvalue weighted by molar-refractivity contribution is 0.102. The zero-order chi connectivity index (χ0) is 44.9. The second-order valence-electron chi connectivity index (χ2n) is 16.1. The van der Waals surface area contributed by atoms with Crippen LogP contribution in [0.4, 0.5) is 27.9 Å². The fourth-order valence-electron chi connectivity index (χ4n) is 8.06. The van der Waals surface area contributed by atoms with Crippen LogP contribution >= 0.6 is 11.3 Å². The highest BCUT2D eigenvalue weighted by Crippen LogP contribution is 2.44. The number of carbonyl (C=O) groups is 1. The lowest BCUT2D eigenvalue weighted by atomic mass is 9.94. The van der Waals surface area contributed by atoms with Crippen molar-refractivity contribution in [3.63, 3.8) is 0 Å². The Bertz CT molecular complexity index is 3730. The molecule has 9 aromatic carbocycles. The van der Waals surface area contributed by atoms with Gasteiger partial charge in [-0.1, -0.05) is 85.8 Å². The number of phenols is 2. The number of amides is 1. The number of azo groups is 2. The van der Waals surface area contributed by atoms with Gasteiger partial charge in [-0.2, -0.15) is 10.2 Å². The molecule has 0 spiro atoms. The van der Waals surface area contributed by atoms with E-state index in [1.54, 1.807) is 42.5 Å². The van der Waals surface area contributed by atoms with Gasteiger partial charge in [0.05, 0.1) is 27.2 Å². The van der Waals surface area contributed by atoms with E-state index in [1.165, 1.54) is 11.3 Å². The molecule has 3 N–H and O–H groups in total. The number of nitrogens with one attached hydrogen (secondary N) is 1. The number of carbonyl (C=O) groups excluding carboxylic acids is 1. The molecule has 66 heavy (non-hydrogen) atoms. The standard InChI is InChI=1S/C53H36N8O4S/c1-29(2)40-27-36-23-32-9-3-5-11-34(32)25-41(36)46(48(40)62)58-56-38-19-15-30(16-20-38)51-60-61-52(65-51)31-17-21-39(22-18-31)57-59-47-42-26-35-12-6-4-10-33(35)24-37(42)28-43(49(47)63)50(64)55-53-54-44-13-7-8-14-45(44)66-53/h3-29,62-63H,1-2H3,(H,54,55,64). The number of thiazole rings is 1. The molecule has 0 radical (unpaired) electrons. The first-order valence-electron chi connectivity index (χ1n) is 21.1. The van der Waals surface area contributed by atoms with Crippen LogP contribution in [-0.4, -0.2) is 31.3 Å². The van der Waals surface area contributed by atoms with Crippen LogP contribution in [0.5, 0.6) is 11.5 Å². The molecule has 13 heteroatoms. The third-order valence-electron chi connectivity index (χ3n) is 11.5. The predicted octanol–water partition coefficient (Wildman–Crippen LogP) is 15.2. The van der Waals surface area contributed by atoms with Crippen LogP contribution in [0.2, 0.25) is 0 Å². The zero-order valence-corrected chi connectivity index (χ0v) is 36.2. The molecule has 2 heterocycles. The number of nitrogens with zero attached hydrogens (tertiary/aromatic N) is 7. The Balaban J connectivity index is 0.836. The summed E-state index contributed by atoms with van der Waals surface area (Å²) < 4.78 is 7.02. The van der Waals surface area contributed by atoms with E-state index < -0.39 is 5.91 Å². The first-order valence-corrected chi connectivity index (χ1v) is 22.0. The molecule has 12 nitrogen and oxygen atoms in total. The van der Waals surface area contributed by atoms with Crippen LogP contribution in [0.1, 0.15) is 35.7 Å². The number of fused-ring (bicyclic) bond motifs is 5. The predicted molar refractivity (Wildman–Crippen MR) is 261 cm³/mol.